The molecule has 4 N–H and O–H groups in total. The van der Waals surface area contributed by atoms with Crippen molar-refractivity contribution >= 4 is 11.7 Å². The first kappa shape index (κ1) is 15.8. The number of nitrogens with two attached hydrogens (primary N) is 1. The van der Waals surface area contributed by atoms with Crippen LogP contribution in [0.4, 0.5) is 0 Å². The Labute approximate surface area is 115 Å². The molecule has 0 aliphatic heterocycles. The topological polar surface area (TPSA) is 87.7 Å². The monoisotopic (exact) mass is 269 g/mol. The van der Waals surface area contributed by atoms with E-state index in [1.54, 1.807) is 0 Å². The minimum absolute atomic E-state index is 0.00576. The lowest BCUT2D eigenvalue weighted by Gasteiger charge is -2.26. The van der Waals surface area contributed by atoms with Crippen molar-refractivity contribution in [2.75, 3.05) is 0 Å². The van der Waals surface area contributed by atoms with Crippen LogP contribution in [0.5, 0.6) is 0 Å². The fourth-order valence-electron chi connectivity index (χ4n) is 2.82. The summed E-state index contributed by atoms with van der Waals surface area (Å²) in [5.41, 5.74) is 5.63. The minimum Gasteiger partial charge on any atom is -0.409 e. The van der Waals surface area contributed by atoms with Gasteiger partial charge in [-0.05, 0) is 24.7 Å². The minimum atomic E-state index is -0.555. The molecule has 1 saturated carbocycles. The number of rotatable bonds is 4. The van der Waals surface area contributed by atoms with Crippen LogP contribution in [-0.2, 0) is 4.79 Å². The molecule has 0 radical (unpaired) electrons. The third-order valence-electron chi connectivity index (χ3n) is 4.07. The maximum absolute atomic E-state index is 12.3. The molecule has 1 aliphatic carbocycles. The van der Waals surface area contributed by atoms with Crippen molar-refractivity contribution in [3.63, 3.8) is 0 Å². The predicted molar refractivity (Wildman–Crippen MR) is 75.9 cm³/mol. The normalized spacial score (nSPS) is 26.8. The first-order valence-electron chi connectivity index (χ1n) is 7.25. The fourth-order valence-corrected chi connectivity index (χ4v) is 2.82. The molecular formula is C14H27N3O2. The van der Waals surface area contributed by atoms with Crippen molar-refractivity contribution in [3.05, 3.63) is 0 Å². The molecule has 5 nitrogen and oxygen atoms in total. The summed E-state index contributed by atoms with van der Waals surface area (Å²) >= 11 is 0. The molecule has 0 spiro atoms. The number of amides is 1. The summed E-state index contributed by atoms with van der Waals surface area (Å²) in [5.74, 6) is -0.179. The molecule has 0 aromatic heterocycles. The number of hydrogen-bond acceptors (Lipinski definition) is 3. The zero-order valence-electron chi connectivity index (χ0n) is 12.2. The van der Waals surface area contributed by atoms with E-state index < -0.39 is 5.92 Å². The van der Waals surface area contributed by atoms with E-state index >= 15 is 0 Å². The molecule has 5 heteroatoms. The van der Waals surface area contributed by atoms with Crippen LogP contribution in [0.3, 0.4) is 0 Å². The van der Waals surface area contributed by atoms with Gasteiger partial charge in [-0.1, -0.05) is 45.2 Å². The van der Waals surface area contributed by atoms with Crippen molar-refractivity contribution in [2.24, 2.45) is 28.6 Å². The molecule has 3 unspecified atom stereocenters. The maximum atomic E-state index is 12.3. The van der Waals surface area contributed by atoms with E-state index in [-0.39, 0.29) is 23.7 Å². The molecule has 3 atom stereocenters. The van der Waals surface area contributed by atoms with Crippen molar-refractivity contribution in [2.45, 2.75) is 58.9 Å². The van der Waals surface area contributed by atoms with Gasteiger partial charge in [-0.15, -0.1) is 0 Å². The fraction of sp³-hybridized carbons (Fsp3) is 0.857. The zero-order valence-corrected chi connectivity index (χ0v) is 12.2. The summed E-state index contributed by atoms with van der Waals surface area (Å²) in [7, 11) is 0. The number of amidine groups is 1. The molecule has 0 bridgehead atoms. The summed E-state index contributed by atoms with van der Waals surface area (Å²) < 4.78 is 0. The molecule has 0 aromatic rings. The number of nitrogens with zero attached hydrogens (tertiary/aromatic N) is 1. The first-order chi connectivity index (χ1) is 8.97. The highest BCUT2D eigenvalue weighted by Gasteiger charge is 2.30. The molecule has 1 amide bonds. The van der Waals surface area contributed by atoms with Gasteiger partial charge in [0, 0.05) is 6.04 Å². The highest BCUT2D eigenvalue weighted by molar-refractivity contribution is 6.02. The van der Waals surface area contributed by atoms with Crippen molar-refractivity contribution < 1.29 is 10.0 Å². The highest BCUT2D eigenvalue weighted by Crippen LogP contribution is 2.23. The molecule has 110 valence electrons. The Kier molecular flexibility index (Phi) is 6.12. The van der Waals surface area contributed by atoms with Crippen molar-refractivity contribution in [1.29, 1.82) is 0 Å². The Morgan fingerprint density at radius 3 is 2.53 bits per heavy atom. The van der Waals surface area contributed by atoms with Gasteiger partial charge in [0.25, 0.3) is 0 Å². The lowest BCUT2D eigenvalue weighted by molar-refractivity contribution is -0.125. The summed E-state index contributed by atoms with van der Waals surface area (Å²) in [6.07, 6.45) is 5.81. The average molecular weight is 269 g/mol. The predicted octanol–water partition coefficient (Wildman–Crippen LogP) is 2.09. The van der Waals surface area contributed by atoms with Gasteiger partial charge < -0.3 is 16.3 Å². The number of carbonyl (C=O) groups is 1. The third-order valence-corrected chi connectivity index (χ3v) is 4.07. The van der Waals surface area contributed by atoms with E-state index in [4.69, 9.17) is 10.9 Å². The molecule has 1 rings (SSSR count). The number of hydrogen-bond donors (Lipinski definition) is 3. The Bertz CT molecular complexity index is 329. The third kappa shape index (κ3) is 4.40. The van der Waals surface area contributed by atoms with Crippen LogP contribution in [0.25, 0.3) is 0 Å². The first-order valence-corrected chi connectivity index (χ1v) is 7.25. The van der Waals surface area contributed by atoms with E-state index in [1.807, 2.05) is 13.8 Å². The Hall–Kier alpha value is -1.26. The van der Waals surface area contributed by atoms with Crippen LogP contribution in [0.1, 0.15) is 52.9 Å². The molecule has 0 aromatic carbocycles. The quantitative estimate of drug-likeness (QED) is 0.240. The van der Waals surface area contributed by atoms with E-state index in [0.717, 1.165) is 19.3 Å². The second-order valence-electron chi connectivity index (χ2n) is 5.98. The summed E-state index contributed by atoms with van der Waals surface area (Å²) in [5, 5.41) is 14.9. The molecule has 19 heavy (non-hydrogen) atoms. The average Bonchev–Trinajstić information content (AvgIpc) is 2.54. The second kappa shape index (κ2) is 7.36. The van der Waals surface area contributed by atoms with Gasteiger partial charge in [0.05, 0.1) is 0 Å². The number of nitrogens with one attached hydrogen (secondary N) is 1. The van der Waals surface area contributed by atoms with E-state index in [1.165, 1.54) is 12.8 Å². The Balaban J connectivity index is 2.70. The highest BCUT2D eigenvalue weighted by atomic mass is 16.4. The Morgan fingerprint density at radius 2 is 1.95 bits per heavy atom. The van der Waals surface area contributed by atoms with Crippen LogP contribution in [-0.4, -0.2) is 23.0 Å². The number of oxime groups is 1. The molecule has 1 aliphatic rings. The zero-order chi connectivity index (χ0) is 14.4. The lowest BCUT2D eigenvalue weighted by atomic mass is 9.91. The molecule has 0 heterocycles. The summed E-state index contributed by atoms with van der Waals surface area (Å²) in [4.78, 5) is 12.3. The van der Waals surface area contributed by atoms with Gasteiger partial charge >= 0.3 is 0 Å². The van der Waals surface area contributed by atoms with Crippen LogP contribution in [0.2, 0.25) is 0 Å². The van der Waals surface area contributed by atoms with Gasteiger partial charge in [0.15, 0.2) is 5.84 Å². The Morgan fingerprint density at radius 1 is 1.32 bits per heavy atom. The van der Waals surface area contributed by atoms with Crippen molar-refractivity contribution in [3.8, 4) is 0 Å². The summed E-state index contributed by atoms with van der Waals surface area (Å²) in [6, 6.07) is 0.211. The van der Waals surface area contributed by atoms with Gasteiger partial charge in [-0.2, -0.15) is 0 Å². The molecule has 1 fully saturated rings. The van der Waals surface area contributed by atoms with Crippen molar-refractivity contribution in [1.82, 2.24) is 5.32 Å². The lowest BCUT2D eigenvalue weighted by Crippen LogP contribution is -2.47. The van der Waals surface area contributed by atoms with Crippen LogP contribution < -0.4 is 11.1 Å². The molecule has 0 saturated heterocycles. The maximum Gasteiger partial charge on any atom is 0.231 e. The SMILES string of the molecule is CC(C)C(C(=O)NC1CCCCCC1C)C(N)=NO. The van der Waals surface area contributed by atoms with Gasteiger partial charge in [-0.3, -0.25) is 4.79 Å². The van der Waals surface area contributed by atoms with E-state index in [9.17, 15) is 4.79 Å². The number of carbonyl (C=O) groups excluding carboxylic acids is 1. The van der Waals surface area contributed by atoms with Crippen LogP contribution in [0.15, 0.2) is 5.16 Å². The smallest absolute Gasteiger partial charge is 0.231 e. The van der Waals surface area contributed by atoms with E-state index in [2.05, 4.69) is 17.4 Å². The largest absolute Gasteiger partial charge is 0.409 e. The van der Waals surface area contributed by atoms with Gasteiger partial charge in [-0.25, -0.2) is 0 Å². The van der Waals surface area contributed by atoms with E-state index in [0.29, 0.717) is 5.92 Å². The van der Waals surface area contributed by atoms with Gasteiger partial charge in [0.1, 0.15) is 5.92 Å². The standard InChI is InChI=1S/C14H27N3O2/c1-9(2)12(13(15)17-19)14(18)16-11-8-6-4-5-7-10(11)3/h9-12,19H,4-8H2,1-3H3,(H2,15,17)(H,16,18). The van der Waals surface area contributed by atoms with Crippen LogP contribution >= 0.6 is 0 Å². The molecular weight excluding hydrogens is 242 g/mol. The summed E-state index contributed by atoms with van der Waals surface area (Å²) in [6.45, 7) is 5.99. The second-order valence-corrected chi connectivity index (χ2v) is 5.98. The van der Waals surface area contributed by atoms with Gasteiger partial charge in [0.2, 0.25) is 5.91 Å². The van der Waals surface area contributed by atoms with Crippen LogP contribution in [0, 0.1) is 17.8 Å².